The fourth-order valence-electron chi connectivity index (χ4n) is 6.59. The van der Waals surface area contributed by atoms with Crippen LogP contribution in [0, 0.1) is 11.8 Å². The minimum atomic E-state index is -4.93. The van der Waals surface area contributed by atoms with Crippen LogP contribution >= 0.6 is 0 Å². The molecule has 10 heteroatoms. The Labute approximate surface area is 222 Å². The molecule has 0 aliphatic carbocycles. The van der Waals surface area contributed by atoms with Crippen LogP contribution < -0.4 is 4.74 Å². The standard InChI is InChI=1S/C29H29F6N2O2/c1-3-18-16-37(15-17-10-20(28(30,31)32)13-21(11-17)29(33,34)35)9-7-19(18)12-26(37)27(38)23-6-8-36-25-5-4-22(39-2)14-24(23)25/h3-6,8,10-11,13-14,18-19,26-27,38H,1,7,9,12,15-16H2,2H3/q+1/t18-,19-,26+,27-,37?/m0/s1. The molecule has 0 amide bonds. The van der Waals surface area contributed by atoms with Crippen LogP contribution in [-0.4, -0.2) is 40.8 Å². The van der Waals surface area contributed by atoms with Crippen LogP contribution in [0.2, 0.25) is 0 Å². The summed E-state index contributed by atoms with van der Waals surface area (Å²) in [4.78, 5) is 4.37. The molecule has 1 unspecified atom stereocenters. The number of rotatable bonds is 6. The number of benzene rings is 2. The maximum Gasteiger partial charge on any atom is 0.416 e. The molecule has 2 bridgehead atoms. The summed E-state index contributed by atoms with van der Waals surface area (Å²) in [5.74, 6) is 0.843. The quantitative estimate of drug-likeness (QED) is 0.205. The Morgan fingerprint density at radius 3 is 2.38 bits per heavy atom. The van der Waals surface area contributed by atoms with Gasteiger partial charge in [-0.1, -0.05) is 6.08 Å². The zero-order valence-electron chi connectivity index (χ0n) is 21.3. The summed E-state index contributed by atoms with van der Waals surface area (Å²) in [5.41, 5.74) is -1.47. The van der Waals surface area contributed by atoms with Gasteiger partial charge in [-0.3, -0.25) is 4.98 Å². The van der Waals surface area contributed by atoms with Crippen molar-refractivity contribution in [1.82, 2.24) is 4.98 Å². The Morgan fingerprint density at radius 2 is 1.77 bits per heavy atom. The maximum absolute atomic E-state index is 13.6. The molecule has 3 aliphatic heterocycles. The van der Waals surface area contributed by atoms with Crippen LogP contribution in [-0.2, 0) is 18.9 Å². The minimum absolute atomic E-state index is 0.0457. The lowest BCUT2D eigenvalue weighted by Gasteiger charge is -2.58. The number of hydrogen-bond acceptors (Lipinski definition) is 3. The van der Waals surface area contributed by atoms with Gasteiger partial charge in [0.25, 0.3) is 0 Å². The van der Waals surface area contributed by atoms with E-state index in [9.17, 15) is 31.4 Å². The zero-order valence-corrected chi connectivity index (χ0v) is 21.3. The monoisotopic (exact) mass is 551 g/mol. The number of methoxy groups -OCH3 is 1. The van der Waals surface area contributed by atoms with E-state index in [0.717, 1.165) is 18.6 Å². The first-order chi connectivity index (χ1) is 18.3. The number of nitrogens with zero attached hydrogens (tertiary/aromatic N) is 2. The zero-order chi connectivity index (χ0) is 28.2. The Morgan fingerprint density at radius 1 is 1.08 bits per heavy atom. The molecule has 3 fully saturated rings. The van der Waals surface area contributed by atoms with E-state index in [1.54, 1.807) is 30.5 Å². The van der Waals surface area contributed by atoms with E-state index in [1.165, 1.54) is 7.11 Å². The van der Waals surface area contributed by atoms with Gasteiger partial charge in [0.15, 0.2) is 0 Å². The van der Waals surface area contributed by atoms with Crippen LogP contribution in [0.5, 0.6) is 5.75 Å². The number of pyridine rings is 1. The van der Waals surface area contributed by atoms with E-state index in [2.05, 4.69) is 11.6 Å². The molecule has 3 aliphatic rings. The first kappa shape index (κ1) is 27.5. The summed E-state index contributed by atoms with van der Waals surface area (Å²) >= 11 is 0. The lowest BCUT2D eigenvalue weighted by Crippen LogP contribution is -2.67. The first-order valence-corrected chi connectivity index (χ1v) is 12.7. The number of aliphatic hydroxyl groups is 1. The van der Waals surface area contributed by atoms with E-state index >= 15 is 0 Å². The number of piperidine rings is 3. The van der Waals surface area contributed by atoms with Gasteiger partial charge in [0.05, 0.1) is 36.8 Å². The van der Waals surface area contributed by atoms with Crippen molar-refractivity contribution in [3.05, 3.63) is 83.6 Å². The van der Waals surface area contributed by atoms with E-state index in [-0.39, 0.29) is 34.5 Å². The molecule has 4 nitrogen and oxygen atoms in total. The van der Waals surface area contributed by atoms with E-state index in [0.29, 0.717) is 41.7 Å². The molecule has 0 spiro atoms. The highest BCUT2D eigenvalue weighted by Gasteiger charge is 2.54. The highest BCUT2D eigenvalue weighted by molar-refractivity contribution is 5.83. The summed E-state index contributed by atoms with van der Waals surface area (Å²) in [6.07, 6.45) is -6.16. The molecule has 208 valence electrons. The molecule has 1 N–H and O–H groups in total. The number of fused-ring (bicyclic) bond motifs is 4. The number of halogens is 6. The highest BCUT2D eigenvalue weighted by atomic mass is 19.4. The molecule has 39 heavy (non-hydrogen) atoms. The van der Waals surface area contributed by atoms with Crippen molar-refractivity contribution in [2.24, 2.45) is 11.8 Å². The summed E-state index contributed by atoms with van der Waals surface area (Å²) < 4.78 is 87.2. The molecule has 1 aromatic heterocycles. The van der Waals surface area contributed by atoms with Crippen LogP contribution in [0.4, 0.5) is 26.3 Å². The molecule has 5 atom stereocenters. The molecular weight excluding hydrogens is 522 g/mol. The second kappa shape index (κ2) is 9.82. The molecule has 3 saturated heterocycles. The van der Waals surface area contributed by atoms with Crippen molar-refractivity contribution in [3.63, 3.8) is 0 Å². The van der Waals surface area contributed by atoms with Crippen LogP contribution in [0.1, 0.15) is 41.2 Å². The maximum atomic E-state index is 13.6. The number of quaternary nitrogens is 1. The molecule has 2 aromatic carbocycles. The normalized spacial score (nSPS) is 26.0. The molecule has 0 saturated carbocycles. The average Bonchev–Trinajstić information content (AvgIpc) is 2.90. The predicted molar refractivity (Wildman–Crippen MR) is 134 cm³/mol. The van der Waals surface area contributed by atoms with Crippen molar-refractivity contribution < 1.29 is 40.7 Å². The SMILES string of the molecule is C=C[C@H]1C[N+]2(Cc3cc(C(F)(F)F)cc(C(F)(F)F)c3)CC[C@H]1C[C@@H]2[C@@H](O)c1ccnc2ccc(OC)cc12. The highest BCUT2D eigenvalue weighted by Crippen LogP contribution is 2.48. The summed E-state index contributed by atoms with van der Waals surface area (Å²) in [5, 5.41) is 12.5. The summed E-state index contributed by atoms with van der Waals surface area (Å²) in [6, 6.07) is 8.34. The van der Waals surface area contributed by atoms with E-state index < -0.39 is 35.6 Å². The van der Waals surface area contributed by atoms with E-state index in [4.69, 9.17) is 4.74 Å². The third-order valence-electron chi connectivity index (χ3n) is 8.49. The van der Waals surface area contributed by atoms with Crippen molar-refractivity contribution in [2.75, 3.05) is 20.2 Å². The van der Waals surface area contributed by atoms with Gasteiger partial charge in [0.1, 0.15) is 24.4 Å². The number of aromatic nitrogens is 1. The Hall–Kier alpha value is -3.11. The van der Waals surface area contributed by atoms with Gasteiger partial charge in [-0.15, -0.1) is 6.58 Å². The second-order valence-corrected chi connectivity index (χ2v) is 10.7. The first-order valence-electron chi connectivity index (χ1n) is 12.7. The van der Waals surface area contributed by atoms with Gasteiger partial charge in [-0.25, -0.2) is 0 Å². The van der Waals surface area contributed by atoms with Crippen molar-refractivity contribution in [1.29, 1.82) is 0 Å². The molecular formula is C29H29F6N2O2+. The minimum Gasteiger partial charge on any atom is -0.497 e. The lowest BCUT2D eigenvalue weighted by molar-refractivity contribution is -0.984. The number of hydrogen-bond donors (Lipinski definition) is 1. The van der Waals surface area contributed by atoms with Gasteiger partial charge in [-0.2, -0.15) is 26.3 Å². The van der Waals surface area contributed by atoms with E-state index in [1.807, 2.05) is 6.08 Å². The Bertz CT molecular complexity index is 1360. The van der Waals surface area contributed by atoms with Gasteiger partial charge in [0.2, 0.25) is 0 Å². The topological polar surface area (TPSA) is 42.4 Å². The number of alkyl halides is 6. The average molecular weight is 552 g/mol. The third-order valence-corrected chi connectivity index (χ3v) is 8.49. The molecule has 3 aromatic rings. The van der Waals surface area contributed by atoms with Gasteiger partial charge < -0.3 is 14.3 Å². The lowest BCUT2D eigenvalue weighted by atomic mass is 9.71. The van der Waals surface area contributed by atoms with Gasteiger partial charge >= 0.3 is 12.4 Å². The second-order valence-electron chi connectivity index (χ2n) is 10.7. The van der Waals surface area contributed by atoms with Crippen LogP contribution in [0.15, 0.2) is 61.3 Å². The van der Waals surface area contributed by atoms with Crippen molar-refractivity contribution >= 4 is 10.9 Å². The van der Waals surface area contributed by atoms with Crippen LogP contribution in [0.25, 0.3) is 10.9 Å². The summed E-state index contributed by atoms with van der Waals surface area (Å²) in [7, 11) is 1.53. The molecule has 6 rings (SSSR count). The van der Waals surface area contributed by atoms with Crippen LogP contribution in [0.3, 0.4) is 0 Å². The summed E-state index contributed by atoms with van der Waals surface area (Å²) in [6.45, 7) is 4.86. The van der Waals surface area contributed by atoms with Gasteiger partial charge in [-0.05, 0) is 53.9 Å². The molecule has 4 heterocycles. The largest absolute Gasteiger partial charge is 0.497 e. The Balaban J connectivity index is 1.60. The fourth-order valence-corrected chi connectivity index (χ4v) is 6.59. The van der Waals surface area contributed by atoms with Gasteiger partial charge in [0, 0.05) is 35.9 Å². The third kappa shape index (κ3) is 5.12. The fraction of sp³-hybridized carbons (Fsp3) is 0.414. The number of aliphatic hydroxyl groups excluding tert-OH is 1. The Kier molecular flexibility index (Phi) is 6.91. The smallest absolute Gasteiger partial charge is 0.416 e. The predicted octanol–water partition coefficient (Wildman–Crippen LogP) is 6.93. The van der Waals surface area contributed by atoms with Crippen molar-refractivity contribution in [3.8, 4) is 5.75 Å². The van der Waals surface area contributed by atoms with Crippen molar-refractivity contribution in [2.45, 2.75) is 43.9 Å². The molecule has 0 radical (unpaired) electrons. The number of ether oxygens (including phenoxy) is 1.